The molecule has 0 aromatic carbocycles. The maximum absolute atomic E-state index is 12.0. The Morgan fingerprint density at radius 1 is 1.35 bits per heavy atom. The highest BCUT2D eigenvalue weighted by Crippen LogP contribution is 2.09. The molecule has 0 atom stereocenters. The van der Waals surface area contributed by atoms with Gasteiger partial charge < -0.3 is 9.80 Å². The molecule has 1 saturated heterocycles. The van der Waals surface area contributed by atoms with Gasteiger partial charge in [-0.2, -0.15) is 0 Å². The number of likely N-dealkylation sites (N-methyl/N-ethyl adjacent to an activating group) is 1. The Hall–Kier alpha value is -0.740. The van der Waals surface area contributed by atoms with Crippen molar-refractivity contribution in [2.24, 2.45) is 0 Å². The van der Waals surface area contributed by atoms with Gasteiger partial charge in [-0.25, -0.2) is 0 Å². The van der Waals surface area contributed by atoms with E-state index in [1.807, 2.05) is 22.6 Å². The molecule has 0 N–H and O–H groups in total. The van der Waals surface area contributed by atoms with E-state index < -0.39 is 0 Å². The number of hydrogen-bond donors (Lipinski definition) is 0. The van der Waals surface area contributed by atoms with E-state index in [-0.39, 0.29) is 5.91 Å². The lowest BCUT2D eigenvalue weighted by Gasteiger charge is -2.34. The van der Waals surface area contributed by atoms with Gasteiger partial charge in [0.2, 0.25) is 5.91 Å². The van der Waals surface area contributed by atoms with E-state index in [0.717, 1.165) is 38.3 Å². The highest BCUT2D eigenvalue weighted by atomic mass is 32.2. The zero-order valence-corrected chi connectivity index (χ0v) is 11.6. The summed E-state index contributed by atoms with van der Waals surface area (Å²) in [7, 11) is 0. The van der Waals surface area contributed by atoms with E-state index in [1.165, 1.54) is 0 Å². The smallest absolute Gasteiger partial charge is 0.227 e. The van der Waals surface area contributed by atoms with Crippen LogP contribution >= 0.6 is 11.8 Å². The van der Waals surface area contributed by atoms with Gasteiger partial charge >= 0.3 is 0 Å². The fourth-order valence-corrected chi connectivity index (χ4v) is 2.17. The Bertz CT molecular complexity index is 294. The minimum absolute atomic E-state index is 0.205. The number of carbonyl (C=O) groups excluding carboxylic acids is 1. The maximum atomic E-state index is 12.0. The molecule has 96 valence electrons. The van der Waals surface area contributed by atoms with Crippen molar-refractivity contribution in [2.75, 3.05) is 39.0 Å². The van der Waals surface area contributed by atoms with Crippen LogP contribution in [0.2, 0.25) is 0 Å². The highest BCUT2D eigenvalue weighted by Gasteiger charge is 2.19. The van der Waals surface area contributed by atoms with Gasteiger partial charge in [0.15, 0.2) is 0 Å². The summed E-state index contributed by atoms with van der Waals surface area (Å²) in [4.78, 5) is 16.3. The topological polar surface area (TPSA) is 23.6 Å². The van der Waals surface area contributed by atoms with Crippen LogP contribution in [0.5, 0.6) is 0 Å². The van der Waals surface area contributed by atoms with E-state index >= 15 is 0 Å². The molecule has 1 amide bonds. The molecule has 0 bridgehead atoms. The van der Waals surface area contributed by atoms with Gasteiger partial charge in [-0.1, -0.05) is 19.6 Å². The van der Waals surface area contributed by atoms with Crippen LogP contribution in [0.25, 0.3) is 0 Å². The number of thioether (sulfide) groups is 1. The lowest BCUT2D eigenvalue weighted by atomic mass is 10.2. The monoisotopic (exact) mass is 254 g/mol. The molecule has 0 aliphatic carbocycles. The van der Waals surface area contributed by atoms with E-state index in [9.17, 15) is 4.79 Å². The van der Waals surface area contributed by atoms with Crippen LogP contribution in [0.1, 0.15) is 13.3 Å². The van der Waals surface area contributed by atoms with Crippen LogP contribution in [0.15, 0.2) is 23.6 Å². The fraction of sp³-hybridized carbons (Fsp3) is 0.615. The third-order valence-electron chi connectivity index (χ3n) is 2.99. The second kappa shape index (κ2) is 7.56. The zero-order chi connectivity index (χ0) is 12.7. The van der Waals surface area contributed by atoms with Crippen molar-refractivity contribution in [3.63, 3.8) is 0 Å². The molecule has 0 aromatic rings. The molecule has 0 saturated carbocycles. The van der Waals surface area contributed by atoms with Gasteiger partial charge in [0, 0.05) is 26.2 Å². The Morgan fingerprint density at radius 3 is 2.53 bits per heavy atom. The van der Waals surface area contributed by atoms with Gasteiger partial charge in [-0.15, -0.1) is 11.8 Å². The van der Waals surface area contributed by atoms with Crippen LogP contribution < -0.4 is 0 Å². The first-order chi connectivity index (χ1) is 8.17. The highest BCUT2D eigenvalue weighted by molar-refractivity contribution is 8.01. The first-order valence-electron chi connectivity index (χ1n) is 6.04. The summed E-state index contributed by atoms with van der Waals surface area (Å²) < 4.78 is 0. The average Bonchev–Trinajstić information content (AvgIpc) is 2.36. The number of hydrogen-bond acceptors (Lipinski definition) is 3. The summed E-state index contributed by atoms with van der Waals surface area (Å²) in [6.45, 7) is 10.8. The Balaban J connectivity index is 2.34. The molecule has 1 aliphatic heterocycles. The van der Waals surface area contributed by atoms with Crippen LogP contribution in [0.3, 0.4) is 0 Å². The van der Waals surface area contributed by atoms with Crippen molar-refractivity contribution >= 4 is 17.7 Å². The molecule has 1 rings (SSSR count). The lowest BCUT2D eigenvalue weighted by molar-refractivity contribution is -0.132. The largest absolute Gasteiger partial charge is 0.340 e. The summed E-state index contributed by atoms with van der Waals surface area (Å²) in [6.07, 6.45) is 4.36. The van der Waals surface area contributed by atoms with Crippen molar-refractivity contribution in [2.45, 2.75) is 13.3 Å². The molecule has 1 fully saturated rings. The summed E-state index contributed by atoms with van der Waals surface area (Å²) in [5.74, 6) is 0.205. The first-order valence-corrected chi connectivity index (χ1v) is 7.33. The first kappa shape index (κ1) is 14.3. The third-order valence-corrected chi connectivity index (χ3v) is 3.40. The summed E-state index contributed by atoms with van der Waals surface area (Å²) >= 11 is 1.62. The van der Waals surface area contributed by atoms with Gasteiger partial charge in [0.25, 0.3) is 0 Å². The van der Waals surface area contributed by atoms with Gasteiger partial charge in [0.1, 0.15) is 0 Å². The number of amides is 1. The normalized spacial score (nSPS) is 17.6. The Kier molecular flexibility index (Phi) is 6.37. The molecule has 1 heterocycles. The van der Waals surface area contributed by atoms with Crippen LogP contribution in [-0.4, -0.2) is 54.7 Å². The van der Waals surface area contributed by atoms with E-state index in [2.05, 4.69) is 18.4 Å². The Labute approximate surface area is 109 Å². The van der Waals surface area contributed by atoms with Crippen molar-refractivity contribution in [3.8, 4) is 0 Å². The van der Waals surface area contributed by atoms with Gasteiger partial charge in [-0.05, 0) is 23.8 Å². The standard InChI is InChI=1S/C13H22N2OS/c1-4-14-6-8-15(9-7-14)13(16)11-12(2)5-10-17-3/h5,10H,2,4,6-9,11H2,1,3H3/b10-5-. The van der Waals surface area contributed by atoms with E-state index in [1.54, 1.807) is 11.8 Å². The molecule has 4 heteroatoms. The van der Waals surface area contributed by atoms with Crippen LogP contribution in [-0.2, 0) is 4.79 Å². The molecule has 1 aliphatic rings. The number of carbonyl (C=O) groups is 1. The molecular weight excluding hydrogens is 232 g/mol. The average molecular weight is 254 g/mol. The van der Waals surface area contributed by atoms with Crippen molar-refractivity contribution in [3.05, 3.63) is 23.6 Å². The molecular formula is C13H22N2OS. The van der Waals surface area contributed by atoms with E-state index in [0.29, 0.717) is 6.42 Å². The molecule has 0 unspecified atom stereocenters. The van der Waals surface area contributed by atoms with Crippen molar-refractivity contribution in [1.82, 2.24) is 9.80 Å². The summed E-state index contributed by atoms with van der Waals surface area (Å²) in [6, 6.07) is 0. The minimum atomic E-state index is 0.205. The lowest BCUT2D eigenvalue weighted by Crippen LogP contribution is -2.48. The molecule has 0 radical (unpaired) electrons. The summed E-state index contributed by atoms with van der Waals surface area (Å²) in [5, 5.41) is 1.96. The maximum Gasteiger partial charge on any atom is 0.227 e. The quantitative estimate of drug-likeness (QED) is 0.701. The van der Waals surface area contributed by atoms with Crippen molar-refractivity contribution < 1.29 is 4.79 Å². The second-order valence-corrected chi connectivity index (χ2v) is 4.93. The molecule has 0 aromatic heterocycles. The number of nitrogens with zero attached hydrogens (tertiary/aromatic N) is 2. The van der Waals surface area contributed by atoms with Crippen LogP contribution in [0, 0.1) is 0 Å². The van der Waals surface area contributed by atoms with Gasteiger partial charge in [0.05, 0.1) is 6.42 Å². The molecule has 17 heavy (non-hydrogen) atoms. The summed E-state index contributed by atoms with van der Waals surface area (Å²) in [5.41, 5.74) is 0.891. The Morgan fingerprint density at radius 2 is 2.00 bits per heavy atom. The van der Waals surface area contributed by atoms with Gasteiger partial charge in [-0.3, -0.25) is 4.79 Å². The third kappa shape index (κ3) is 4.96. The van der Waals surface area contributed by atoms with E-state index in [4.69, 9.17) is 0 Å². The predicted octanol–water partition coefficient (Wildman–Crippen LogP) is 1.97. The zero-order valence-electron chi connectivity index (χ0n) is 10.8. The predicted molar refractivity (Wildman–Crippen MR) is 75.1 cm³/mol. The number of piperazine rings is 1. The van der Waals surface area contributed by atoms with Crippen LogP contribution in [0.4, 0.5) is 0 Å². The number of allylic oxidation sites excluding steroid dienone is 1. The number of rotatable bonds is 5. The second-order valence-electron chi connectivity index (χ2n) is 4.19. The SMILES string of the molecule is C=C(/C=C\SC)CC(=O)N1CCN(CC)CC1. The van der Waals surface area contributed by atoms with Crippen molar-refractivity contribution in [1.29, 1.82) is 0 Å². The molecule has 3 nitrogen and oxygen atoms in total. The molecule has 0 spiro atoms. The minimum Gasteiger partial charge on any atom is -0.340 e. The fourth-order valence-electron chi connectivity index (χ4n) is 1.84.